The first-order chi connectivity index (χ1) is 10.9. The molecule has 0 radical (unpaired) electrons. The summed E-state index contributed by atoms with van der Waals surface area (Å²) in [4.78, 5) is 17.4. The van der Waals surface area contributed by atoms with Crippen LogP contribution in [0, 0.1) is 5.92 Å². The normalized spacial score (nSPS) is 21.0. The second kappa shape index (κ2) is 6.18. The van der Waals surface area contributed by atoms with Gasteiger partial charge >= 0.3 is 0 Å². The summed E-state index contributed by atoms with van der Waals surface area (Å²) in [6, 6.07) is 7.89. The maximum Gasteiger partial charge on any atom is 0.252 e. The van der Waals surface area contributed by atoms with Gasteiger partial charge in [0.2, 0.25) is 10.0 Å². The highest BCUT2D eigenvalue weighted by Gasteiger charge is 2.30. The number of hydrogen-bond donors (Lipinski definition) is 0. The van der Waals surface area contributed by atoms with Crippen molar-refractivity contribution in [1.29, 1.82) is 0 Å². The van der Waals surface area contributed by atoms with Gasteiger partial charge in [0.15, 0.2) is 4.80 Å². The molecular weight excluding hydrogens is 334 g/mol. The number of hydrogen-bond acceptors (Lipinski definition) is 4. The van der Waals surface area contributed by atoms with Crippen LogP contribution in [-0.2, 0) is 21.9 Å². The Balaban J connectivity index is 1.89. The topological polar surface area (TPSA) is 71.7 Å². The monoisotopic (exact) mass is 353 g/mol. The smallest absolute Gasteiger partial charge is 0.252 e. The average molecular weight is 353 g/mol. The molecular formula is C15H19N3O3S2. The lowest BCUT2D eigenvalue weighted by Gasteiger charge is -2.28. The maximum atomic E-state index is 12.5. The van der Waals surface area contributed by atoms with Gasteiger partial charge in [0, 0.05) is 20.1 Å². The molecule has 1 saturated heterocycles. The number of benzene rings is 1. The van der Waals surface area contributed by atoms with Gasteiger partial charge in [-0.2, -0.15) is 4.99 Å². The van der Waals surface area contributed by atoms with Crippen molar-refractivity contribution < 1.29 is 13.2 Å². The molecule has 3 rings (SSSR count). The van der Waals surface area contributed by atoms with E-state index >= 15 is 0 Å². The molecule has 0 spiro atoms. The first kappa shape index (κ1) is 16.4. The van der Waals surface area contributed by atoms with Crippen LogP contribution in [-0.4, -0.2) is 42.5 Å². The van der Waals surface area contributed by atoms with E-state index in [4.69, 9.17) is 0 Å². The zero-order valence-corrected chi connectivity index (χ0v) is 14.7. The van der Waals surface area contributed by atoms with Gasteiger partial charge in [0.25, 0.3) is 5.91 Å². The van der Waals surface area contributed by atoms with Gasteiger partial charge in [-0.05, 0) is 25.0 Å². The summed E-state index contributed by atoms with van der Waals surface area (Å²) in [6.07, 6.45) is 2.56. The summed E-state index contributed by atoms with van der Waals surface area (Å²) in [7, 11) is -1.37. The zero-order valence-electron chi connectivity index (χ0n) is 13.1. The molecule has 23 heavy (non-hydrogen) atoms. The van der Waals surface area contributed by atoms with Crippen LogP contribution in [0.1, 0.15) is 12.8 Å². The van der Waals surface area contributed by atoms with E-state index in [0.29, 0.717) is 24.2 Å². The number of amides is 1. The van der Waals surface area contributed by atoms with Crippen LogP contribution in [0.4, 0.5) is 0 Å². The molecule has 124 valence electrons. The lowest BCUT2D eigenvalue weighted by atomic mass is 9.99. The van der Waals surface area contributed by atoms with Crippen molar-refractivity contribution >= 4 is 37.5 Å². The van der Waals surface area contributed by atoms with E-state index in [2.05, 4.69) is 4.99 Å². The number of carbonyl (C=O) groups is 1. The maximum absolute atomic E-state index is 12.5. The number of aryl methyl sites for hydroxylation is 1. The van der Waals surface area contributed by atoms with Crippen LogP contribution < -0.4 is 4.80 Å². The molecule has 0 bridgehead atoms. The molecule has 1 fully saturated rings. The molecule has 1 aliphatic rings. The Bertz CT molecular complexity index is 911. The van der Waals surface area contributed by atoms with Crippen molar-refractivity contribution in [2.75, 3.05) is 19.3 Å². The van der Waals surface area contributed by atoms with Crippen LogP contribution in [0.5, 0.6) is 0 Å². The third-order valence-corrected chi connectivity index (χ3v) is 6.51. The van der Waals surface area contributed by atoms with Crippen LogP contribution in [0.25, 0.3) is 10.2 Å². The first-order valence-electron chi connectivity index (χ1n) is 7.44. The Hall–Kier alpha value is -1.51. The highest BCUT2D eigenvalue weighted by atomic mass is 32.2. The molecule has 6 nitrogen and oxygen atoms in total. The predicted octanol–water partition coefficient (Wildman–Crippen LogP) is 1.34. The highest BCUT2D eigenvalue weighted by molar-refractivity contribution is 7.88. The number of para-hydroxylation sites is 1. The van der Waals surface area contributed by atoms with Gasteiger partial charge in [0.05, 0.1) is 22.4 Å². The molecule has 8 heteroatoms. The van der Waals surface area contributed by atoms with E-state index in [1.807, 2.05) is 35.9 Å². The second-order valence-electron chi connectivity index (χ2n) is 5.82. The van der Waals surface area contributed by atoms with E-state index in [1.54, 1.807) is 0 Å². The van der Waals surface area contributed by atoms with Crippen LogP contribution in [0.2, 0.25) is 0 Å². The minimum absolute atomic E-state index is 0.232. The zero-order chi connectivity index (χ0) is 16.6. The third kappa shape index (κ3) is 3.39. The molecule has 0 unspecified atom stereocenters. The Morgan fingerprint density at radius 2 is 2.09 bits per heavy atom. The van der Waals surface area contributed by atoms with E-state index in [0.717, 1.165) is 10.2 Å². The Morgan fingerprint density at radius 1 is 1.35 bits per heavy atom. The molecule has 0 saturated carbocycles. The Labute approximate surface area is 139 Å². The van der Waals surface area contributed by atoms with Gasteiger partial charge < -0.3 is 4.57 Å². The number of piperidine rings is 1. The number of carbonyl (C=O) groups excluding carboxylic acids is 1. The van der Waals surface area contributed by atoms with Gasteiger partial charge in [-0.15, -0.1) is 0 Å². The van der Waals surface area contributed by atoms with E-state index < -0.39 is 10.0 Å². The molecule has 1 aromatic carbocycles. The molecule has 1 aliphatic heterocycles. The van der Waals surface area contributed by atoms with Gasteiger partial charge in [0.1, 0.15) is 0 Å². The SMILES string of the molecule is Cn1c(=NC(=O)[C@@H]2CCCN(S(C)(=O)=O)C2)sc2ccccc21. The lowest BCUT2D eigenvalue weighted by molar-refractivity contribution is -0.122. The number of aromatic nitrogens is 1. The molecule has 2 aromatic rings. The number of nitrogens with zero attached hydrogens (tertiary/aromatic N) is 3. The van der Waals surface area contributed by atoms with Gasteiger partial charge in [-0.1, -0.05) is 23.5 Å². The van der Waals surface area contributed by atoms with Gasteiger partial charge in [-0.25, -0.2) is 12.7 Å². The molecule has 0 aliphatic carbocycles. The van der Waals surface area contributed by atoms with Crippen molar-refractivity contribution in [2.24, 2.45) is 18.0 Å². The van der Waals surface area contributed by atoms with Crippen molar-refractivity contribution in [1.82, 2.24) is 8.87 Å². The summed E-state index contributed by atoms with van der Waals surface area (Å²) in [5.74, 6) is -0.593. The minimum atomic E-state index is -3.26. The summed E-state index contributed by atoms with van der Waals surface area (Å²) < 4.78 is 27.7. The fraction of sp³-hybridized carbons (Fsp3) is 0.467. The summed E-state index contributed by atoms with van der Waals surface area (Å²) in [6.45, 7) is 0.717. The van der Waals surface area contributed by atoms with E-state index in [-0.39, 0.29) is 18.4 Å². The number of rotatable bonds is 2. The standard InChI is InChI=1S/C15H19N3O3S2/c1-17-12-7-3-4-8-13(12)22-15(17)16-14(19)11-6-5-9-18(10-11)23(2,20)21/h3-4,7-8,11H,5-6,9-10H2,1-2H3/t11-/m1/s1. The van der Waals surface area contributed by atoms with Crippen LogP contribution in [0.3, 0.4) is 0 Å². The van der Waals surface area contributed by atoms with E-state index in [1.165, 1.54) is 21.9 Å². The Morgan fingerprint density at radius 3 is 2.78 bits per heavy atom. The largest absolute Gasteiger partial charge is 0.319 e. The minimum Gasteiger partial charge on any atom is -0.319 e. The number of thiazole rings is 1. The highest BCUT2D eigenvalue weighted by Crippen LogP contribution is 2.20. The summed E-state index contributed by atoms with van der Waals surface area (Å²) >= 11 is 1.47. The van der Waals surface area contributed by atoms with Crippen molar-refractivity contribution in [3.8, 4) is 0 Å². The molecule has 1 atom stereocenters. The quantitative estimate of drug-likeness (QED) is 0.818. The average Bonchev–Trinajstić information content (AvgIpc) is 2.83. The van der Waals surface area contributed by atoms with Crippen LogP contribution in [0.15, 0.2) is 29.3 Å². The summed E-state index contributed by atoms with van der Waals surface area (Å²) in [5, 5.41) is 0. The van der Waals surface area contributed by atoms with Crippen molar-refractivity contribution in [3.05, 3.63) is 29.1 Å². The van der Waals surface area contributed by atoms with Crippen molar-refractivity contribution in [3.63, 3.8) is 0 Å². The number of fused-ring (bicyclic) bond motifs is 1. The van der Waals surface area contributed by atoms with Crippen molar-refractivity contribution in [2.45, 2.75) is 12.8 Å². The Kier molecular flexibility index (Phi) is 4.39. The summed E-state index contributed by atoms with van der Waals surface area (Å²) in [5.41, 5.74) is 1.03. The third-order valence-electron chi connectivity index (χ3n) is 4.12. The molecule has 0 N–H and O–H groups in total. The second-order valence-corrected chi connectivity index (χ2v) is 8.81. The predicted molar refractivity (Wildman–Crippen MR) is 90.5 cm³/mol. The lowest BCUT2D eigenvalue weighted by Crippen LogP contribution is -2.41. The fourth-order valence-electron chi connectivity index (χ4n) is 2.82. The molecule has 1 amide bonds. The molecule has 1 aromatic heterocycles. The van der Waals surface area contributed by atoms with E-state index in [9.17, 15) is 13.2 Å². The molecule has 2 heterocycles. The first-order valence-corrected chi connectivity index (χ1v) is 10.1. The van der Waals surface area contributed by atoms with Gasteiger partial charge in [-0.3, -0.25) is 4.79 Å². The number of sulfonamides is 1. The fourth-order valence-corrected chi connectivity index (χ4v) is 4.75. The van der Waals surface area contributed by atoms with Crippen LogP contribution >= 0.6 is 11.3 Å².